The molecule has 2 aromatic rings. The van der Waals surface area contributed by atoms with Gasteiger partial charge in [-0.15, -0.1) is 11.8 Å². The van der Waals surface area contributed by atoms with Crippen LogP contribution in [0.4, 0.5) is 0 Å². The summed E-state index contributed by atoms with van der Waals surface area (Å²) in [5.74, 6) is 0.246. The number of nitrogens with one attached hydrogen (secondary N) is 2. The molecule has 0 aliphatic heterocycles. The summed E-state index contributed by atoms with van der Waals surface area (Å²) in [7, 11) is 0. The third-order valence-corrected chi connectivity index (χ3v) is 4.30. The van der Waals surface area contributed by atoms with E-state index in [2.05, 4.69) is 15.3 Å². The summed E-state index contributed by atoms with van der Waals surface area (Å²) < 4.78 is 0. The fourth-order valence-electron chi connectivity index (χ4n) is 1.96. The van der Waals surface area contributed by atoms with E-state index in [1.54, 1.807) is 0 Å². The smallest absolute Gasteiger partial charge is 0.303 e. The molecule has 6 nitrogen and oxygen atoms in total. The summed E-state index contributed by atoms with van der Waals surface area (Å²) in [5.41, 5.74) is 1.91. The number of rotatable bonds is 8. The maximum Gasteiger partial charge on any atom is 0.303 e. The van der Waals surface area contributed by atoms with E-state index in [0.29, 0.717) is 18.7 Å². The largest absolute Gasteiger partial charge is 0.481 e. The average molecular weight is 321 g/mol. The molecular formula is C15H19N3O3S. The highest BCUT2D eigenvalue weighted by Gasteiger charge is 2.13. The molecular weight excluding hydrogens is 302 g/mol. The van der Waals surface area contributed by atoms with Gasteiger partial charge in [0.1, 0.15) is 5.82 Å². The number of amides is 1. The first kappa shape index (κ1) is 16.4. The van der Waals surface area contributed by atoms with Gasteiger partial charge >= 0.3 is 5.97 Å². The van der Waals surface area contributed by atoms with Crippen molar-refractivity contribution in [3.63, 3.8) is 0 Å². The van der Waals surface area contributed by atoms with Gasteiger partial charge in [0.15, 0.2) is 0 Å². The molecule has 3 N–H and O–H groups in total. The van der Waals surface area contributed by atoms with Crippen molar-refractivity contribution < 1.29 is 14.7 Å². The van der Waals surface area contributed by atoms with Gasteiger partial charge in [0, 0.05) is 13.0 Å². The normalized spacial score (nSPS) is 12.2. The zero-order valence-corrected chi connectivity index (χ0v) is 13.2. The zero-order chi connectivity index (χ0) is 15.9. The predicted molar refractivity (Wildman–Crippen MR) is 86.8 cm³/mol. The number of H-pyrrole nitrogens is 1. The van der Waals surface area contributed by atoms with Crippen LogP contribution in [0.3, 0.4) is 0 Å². The van der Waals surface area contributed by atoms with Gasteiger partial charge in [-0.1, -0.05) is 12.1 Å². The molecule has 7 heteroatoms. The molecule has 0 fully saturated rings. The lowest BCUT2D eigenvalue weighted by Gasteiger charge is -2.08. The molecule has 118 valence electrons. The van der Waals surface area contributed by atoms with Crippen LogP contribution in [0.2, 0.25) is 0 Å². The van der Waals surface area contributed by atoms with E-state index in [-0.39, 0.29) is 17.6 Å². The lowest BCUT2D eigenvalue weighted by Crippen LogP contribution is -2.26. The fraction of sp³-hybridized carbons (Fsp3) is 0.400. The van der Waals surface area contributed by atoms with Crippen molar-refractivity contribution in [2.75, 3.05) is 12.3 Å². The Morgan fingerprint density at radius 3 is 2.91 bits per heavy atom. The van der Waals surface area contributed by atoms with Crippen LogP contribution in [0.1, 0.15) is 30.8 Å². The van der Waals surface area contributed by atoms with Gasteiger partial charge in [0.25, 0.3) is 0 Å². The van der Waals surface area contributed by atoms with Gasteiger partial charge < -0.3 is 15.4 Å². The summed E-state index contributed by atoms with van der Waals surface area (Å²) in [6, 6.07) is 7.81. The lowest BCUT2D eigenvalue weighted by atomic mass is 10.3. The van der Waals surface area contributed by atoms with Crippen molar-refractivity contribution in [3.05, 3.63) is 30.1 Å². The first-order valence-electron chi connectivity index (χ1n) is 7.11. The summed E-state index contributed by atoms with van der Waals surface area (Å²) in [4.78, 5) is 29.8. The summed E-state index contributed by atoms with van der Waals surface area (Å²) >= 11 is 1.50. The van der Waals surface area contributed by atoms with Gasteiger partial charge in [-0.05, 0) is 25.5 Å². The average Bonchev–Trinajstić information content (AvgIpc) is 2.93. The van der Waals surface area contributed by atoms with E-state index in [1.165, 1.54) is 11.8 Å². The van der Waals surface area contributed by atoms with Crippen molar-refractivity contribution >= 4 is 34.7 Å². The Hall–Kier alpha value is -2.02. The van der Waals surface area contributed by atoms with Crippen molar-refractivity contribution in [1.82, 2.24) is 15.3 Å². The maximum absolute atomic E-state index is 11.7. The van der Waals surface area contributed by atoms with E-state index < -0.39 is 5.97 Å². The number of hydrogen-bond donors (Lipinski definition) is 3. The number of fused-ring (bicyclic) bond motifs is 1. The molecule has 1 amide bonds. The fourth-order valence-corrected chi connectivity index (χ4v) is 2.74. The molecule has 0 saturated carbocycles. The van der Waals surface area contributed by atoms with Crippen molar-refractivity contribution in [1.29, 1.82) is 0 Å². The van der Waals surface area contributed by atoms with Crippen LogP contribution in [0.25, 0.3) is 11.0 Å². The molecule has 1 heterocycles. The van der Waals surface area contributed by atoms with Crippen LogP contribution < -0.4 is 5.32 Å². The molecule has 0 bridgehead atoms. The van der Waals surface area contributed by atoms with Gasteiger partial charge in [0.2, 0.25) is 5.91 Å². The number of benzene rings is 1. The molecule has 0 aliphatic carbocycles. The van der Waals surface area contributed by atoms with Gasteiger partial charge in [-0.2, -0.15) is 0 Å². The van der Waals surface area contributed by atoms with E-state index in [1.807, 2.05) is 31.2 Å². The van der Waals surface area contributed by atoms with Crippen molar-refractivity contribution in [2.45, 2.75) is 25.0 Å². The Labute approximate surface area is 132 Å². The molecule has 0 aliphatic rings. The second kappa shape index (κ2) is 7.84. The Bertz CT molecular complexity index is 623. The number of hydrogen-bond acceptors (Lipinski definition) is 4. The van der Waals surface area contributed by atoms with Crippen LogP contribution in [-0.4, -0.2) is 39.2 Å². The SMILES string of the molecule is CC(SCC(=O)NCCCC(=O)O)c1nc2ccccc2[nH]1. The van der Waals surface area contributed by atoms with Gasteiger partial charge in [-0.3, -0.25) is 9.59 Å². The third kappa shape index (κ3) is 4.77. The van der Waals surface area contributed by atoms with Gasteiger partial charge in [-0.25, -0.2) is 4.98 Å². The zero-order valence-electron chi connectivity index (χ0n) is 12.3. The molecule has 0 saturated heterocycles. The number of aromatic amines is 1. The van der Waals surface area contributed by atoms with E-state index in [4.69, 9.17) is 5.11 Å². The number of carboxylic acid groups (broad SMARTS) is 1. The molecule has 22 heavy (non-hydrogen) atoms. The minimum absolute atomic E-state index is 0.0722. The Kier molecular flexibility index (Phi) is 5.83. The number of carbonyl (C=O) groups is 2. The Morgan fingerprint density at radius 2 is 2.18 bits per heavy atom. The number of aliphatic carboxylic acids is 1. The summed E-state index contributed by atoms with van der Waals surface area (Å²) in [6.07, 6.45) is 0.522. The topological polar surface area (TPSA) is 95.1 Å². The monoisotopic (exact) mass is 321 g/mol. The minimum atomic E-state index is -0.845. The number of carboxylic acids is 1. The quantitative estimate of drug-likeness (QED) is 0.649. The highest BCUT2D eigenvalue weighted by Crippen LogP contribution is 2.27. The Morgan fingerprint density at radius 1 is 1.41 bits per heavy atom. The van der Waals surface area contributed by atoms with Crippen LogP contribution in [0.15, 0.2) is 24.3 Å². The highest BCUT2D eigenvalue weighted by molar-refractivity contribution is 8.00. The number of thioether (sulfide) groups is 1. The molecule has 1 aromatic heterocycles. The minimum Gasteiger partial charge on any atom is -0.481 e. The predicted octanol–water partition coefficient (Wildman–Crippen LogP) is 2.34. The van der Waals surface area contributed by atoms with Crippen LogP contribution >= 0.6 is 11.8 Å². The number of imidazole rings is 1. The second-order valence-corrected chi connectivity index (χ2v) is 6.27. The number of para-hydroxylation sites is 2. The summed E-state index contributed by atoms with van der Waals surface area (Å²) in [6.45, 7) is 2.39. The van der Waals surface area contributed by atoms with Crippen LogP contribution in [0.5, 0.6) is 0 Å². The van der Waals surface area contributed by atoms with Crippen LogP contribution in [0, 0.1) is 0 Å². The Balaban J connectivity index is 1.76. The van der Waals surface area contributed by atoms with Crippen molar-refractivity contribution in [2.24, 2.45) is 0 Å². The van der Waals surface area contributed by atoms with Crippen molar-refractivity contribution in [3.8, 4) is 0 Å². The molecule has 0 radical (unpaired) electrons. The number of aromatic nitrogens is 2. The standard InChI is InChI=1S/C15H19N3O3S/c1-10(15-17-11-5-2-3-6-12(11)18-15)22-9-13(19)16-8-4-7-14(20)21/h2-3,5-6,10H,4,7-9H2,1H3,(H,16,19)(H,17,18)(H,20,21). The van der Waals surface area contributed by atoms with E-state index in [9.17, 15) is 9.59 Å². The lowest BCUT2D eigenvalue weighted by molar-refractivity contribution is -0.137. The molecule has 1 atom stereocenters. The summed E-state index contributed by atoms with van der Waals surface area (Å²) in [5, 5.41) is 11.3. The highest BCUT2D eigenvalue weighted by atomic mass is 32.2. The molecule has 1 unspecified atom stereocenters. The third-order valence-electron chi connectivity index (χ3n) is 3.15. The van der Waals surface area contributed by atoms with E-state index >= 15 is 0 Å². The second-order valence-electron chi connectivity index (χ2n) is 4.94. The number of nitrogens with zero attached hydrogens (tertiary/aromatic N) is 1. The van der Waals surface area contributed by atoms with E-state index in [0.717, 1.165) is 16.9 Å². The van der Waals surface area contributed by atoms with Gasteiger partial charge in [0.05, 0.1) is 22.0 Å². The molecule has 2 rings (SSSR count). The number of carbonyl (C=O) groups excluding carboxylic acids is 1. The molecule has 0 spiro atoms. The van der Waals surface area contributed by atoms with Crippen LogP contribution in [-0.2, 0) is 9.59 Å². The first-order valence-corrected chi connectivity index (χ1v) is 8.16. The first-order chi connectivity index (χ1) is 10.6. The maximum atomic E-state index is 11.7. The molecule has 1 aromatic carbocycles.